The molecule has 82 valence electrons. The Hall–Kier alpha value is -0.110. The Balaban J connectivity index is 2.91. The molecule has 0 heterocycles. The van der Waals surface area contributed by atoms with Gasteiger partial charge in [-0.15, -0.1) is 0 Å². The first-order chi connectivity index (χ1) is 6.91. The van der Waals surface area contributed by atoms with E-state index in [0.717, 1.165) is 18.0 Å². The van der Waals surface area contributed by atoms with Gasteiger partial charge in [-0.25, -0.2) is 0 Å². The van der Waals surface area contributed by atoms with Gasteiger partial charge in [-0.3, -0.25) is 4.79 Å². The van der Waals surface area contributed by atoms with Gasteiger partial charge in [0.05, 0.1) is 0 Å². The van der Waals surface area contributed by atoms with Crippen molar-refractivity contribution >= 4 is 22.2 Å². The minimum absolute atomic E-state index is 0.847. The molecule has 0 aliphatic carbocycles. The summed E-state index contributed by atoms with van der Waals surface area (Å²) in [6, 6.07) is 0. The topological polar surface area (TPSA) is 17.1 Å². The number of hydrogen-bond acceptors (Lipinski definition) is 1. The molecule has 0 amide bonds. The predicted molar refractivity (Wildman–Crippen MR) is 65.9 cm³/mol. The molecule has 0 bridgehead atoms. The van der Waals surface area contributed by atoms with Gasteiger partial charge in [0.1, 0.15) is 6.29 Å². The van der Waals surface area contributed by atoms with Crippen LogP contribution in [-0.2, 0) is 4.79 Å². The quantitative estimate of drug-likeness (QED) is 0.248. The predicted octanol–water partition coefficient (Wildman–Crippen LogP) is 4.26. The highest BCUT2D eigenvalue weighted by molar-refractivity contribution is 9.09. The van der Waals surface area contributed by atoms with Crippen molar-refractivity contribution in [2.75, 3.05) is 5.33 Å². The molecule has 14 heavy (non-hydrogen) atoms. The second-order valence-corrected chi connectivity index (χ2v) is 4.31. The van der Waals surface area contributed by atoms with Crippen molar-refractivity contribution in [3.05, 3.63) is 12.2 Å². The Bertz CT molecular complexity index is 143. The monoisotopic (exact) mass is 260 g/mol. The highest BCUT2D eigenvalue weighted by atomic mass is 79.9. The van der Waals surface area contributed by atoms with Crippen LogP contribution in [0.4, 0.5) is 0 Å². The van der Waals surface area contributed by atoms with Crippen LogP contribution in [0.25, 0.3) is 0 Å². The fourth-order valence-corrected chi connectivity index (χ4v) is 1.79. The van der Waals surface area contributed by atoms with Crippen molar-refractivity contribution < 1.29 is 4.79 Å². The zero-order valence-electron chi connectivity index (χ0n) is 8.88. The van der Waals surface area contributed by atoms with Crippen molar-refractivity contribution in [2.24, 2.45) is 0 Å². The van der Waals surface area contributed by atoms with E-state index < -0.39 is 0 Å². The van der Waals surface area contributed by atoms with E-state index in [1.165, 1.54) is 44.9 Å². The first kappa shape index (κ1) is 13.9. The zero-order valence-corrected chi connectivity index (χ0v) is 10.5. The summed E-state index contributed by atoms with van der Waals surface area (Å²) in [5.41, 5.74) is 0. The van der Waals surface area contributed by atoms with Crippen molar-refractivity contribution in [1.29, 1.82) is 0 Å². The summed E-state index contributed by atoms with van der Waals surface area (Å²) in [5.74, 6) is 0. The third-order valence-electron chi connectivity index (χ3n) is 2.22. The molecule has 1 nitrogen and oxygen atoms in total. The molecule has 0 aromatic rings. The third kappa shape index (κ3) is 11.9. The first-order valence-corrected chi connectivity index (χ1v) is 6.70. The highest BCUT2D eigenvalue weighted by Crippen LogP contribution is 2.09. The standard InChI is InChI=1S/C12H21BrO/c13-11-9-7-5-3-1-2-4-6-8-10-12-14/h8,10,12H,1-7,9,11H2/b10-8+. The van der Waals surface area contributed by atoms with E-state index in [9.17, 15) is 4.79 Å². The number of alkyl halides is 1. The lowest BCUT2D eigenvalue weighted by atomic mass is 10.1. The average molecular weight is 261 g/mol. The van der Waals surface area contributed by atoms with Gasteiger partial charge >= 0.3 is 0 Å². The second-order valence-electron chi connectivity index (χ2n) is 3.52. The molecule has 0 radical (unpaired) electrons. The van der Waals surface area contributed by atoms with Gasteiger partial charge in [0.2, 0.25) is 0 Å². The van der Waals surface area contributed by atoms with Gasteiger partial charge in [-0.05, 0) is 25.3 Å². The zero-order chi connectivity index (χ0) is 10.5. The molecule has 0 aliphatic heterocycles. The summed E-state index contributed by atoms with van der Waals surface area (Å²) in [5, 5.41) is 1.14. The molecular weight excluding hydrogens is 240 g/mol. The summed E-state index contributed by atoms with van der Waals surface area (Å²) in [6.45, 7) is 0. The SMILES string of the molecule is O=C/C=C/CCCCCCCCCBr. The number of hydrogen-bond donors (Lipinski definition) is 0. The molecule has 0 N–H and O–H groups in total. The van der Waals surface area contributed by atoms with Gasteiger partial charge < -0.3 is 0 Å². The average Bonchev–Trinajstić information content (AvgIpc) is 2.21. The maximum atomic E-state index is 9.95. The number of carbonyl (C=O) groups is 1. The lowest BCUT2D eigenvalue weighted by Crippen LogP contribution is -1.80. The van der Waals surface area contributed by atoms with Gasteiger partial charge in [-0.2, -0.15) is 0 Å². The van der Waals surface area contributed by atoms with Gasteiger partial charge in [-0.1, -0.05) is 54.1 Å². The van der Waals surface area contributed by atoms with Crippen LogP contribution in [0.2, 0.25) is 0 Å². The molecule has 0 spiro atoms. The lowest BCUT2D eigenvalue weighted by molar-refractivity contribution is -0.104. The van der Waals surface area contributed by atoms with Crippen LogP contribution in [0, 0.1) is 0 Å². The second kappa shape index (κ2) is 12.9. The Morgan fingerprint density at radius 2 is 1.43 bits per heavy atom. The minimum atomic E-state index is 0.847. The van der Waals surface area contributed by atoms with Crippen molar-refractivity contribution in [2.45, 2.75) is 51.4 Å². The van der Waals surface area contributed by atoms with Crippen LogP contribution in [0.1, 0.15) is 51.4 Å². The Morgan fingerprint density at radius 3 is 2.00 bits per heavy atom. The Kier molecular flexibility index (Phi) is 12.8. The number of unbranched alkanes of at least 4 members (excludes halogenated alkanes) is 7. The first-order valence-electron chi connectivity index (χ1n) is 5.58. The molecular formula is C12H21BrO. The van der Waals surface area contributed by atoms with Crippen molar-refractivity contribution in [3.63, 3.8) is 0 Å². The maximum absolute atomic E-state index is 9.95. The number of rotatable bonds is 10. The molecule has 0 saturated heterocycles. The minimum Gasteiger partial charge on any atom is -0.299 e. The summed E-state index contributed by atoms with van der Waals surface area (Å²) in [4.78, 5) is 9.95. The summed E-state index contributed by atoms with van der Waals surface area (Å²) >= 11 is 3.43. The van der Waals surface area contributed by atoms with Crippen LogP contribution in [0.3, 0.4) is 0 Å². The van der Waals surface area contributed by atoms with Crippen LogP contribution >= 0.6 is 15.9 Å². The Labute approximate surface area is 96.1 Å². The van der Waals surface area contributed by atoms with Gasteiger partial charge in [0.25, 0.3) is 0 Å². The summed E-state index contributed by atoms with van der Waals surface area (Å²) in [7, 11) is 0. The maximum Gasteiger partial charge on any atom is 0.142 e. The van der Waals surface area contributed by atoms with E-state index in [2.05, 4.69) is 15.9 Å². The van der Waals surface area contributed by atoms with E-state index in [0.29, 0.717) is 0 Å². The van der Waals surface area contributed by atoms with Crippen LogP contribution < -0.4 is 0 Å². The smallest absolute Gasteiger partial charge is 0.142 e. The molecule has 0 fully saturated rings. The van der Waals surface area contributed by atoms with Crippen LogP contribution in [-0.4, -0.2) is 11.6 Å². The fourth-order valence-electron chi connectivity index (χ4n) is 1.39. The molecule has 0 aromatic carbocycles. The van der Waals surface area contributed by atoms with E-state index in [1.54, 1.807) is 6.08 Å². The van der Waals surface area contributed by atoms with Crippen molar-refractivity contribution in [3.8, 4) is 0 Å². The largest absolute Gasteiger partial charge is 0.299 e. The molecule has 0 aliphatic rings. The van der Waals surface area contributed by atoms with E-state index in [4.69, 9.17) is 0 Å². The number of halogens is 1. The molecule has 0 saturated carbocycles. The molecule has 0 rings (SSSR count). The normalized spacial score (nSPS) is 10.9. The molecule has 0 aromatic heterocycles. The van der Waals surface area contributed by atoms with Gasteiger partial charge in [0.15, 0.2) is 0 Å². The van der Waals surface area contributed by atoms with Crippen molar-refractivity contribution in [1.82, 2.24) is 0 Å². The lowest BCUT2D eigenvalue weighted by Gasteiger charge is -1.99. The number of aldehydes is 1. The summed E-state index contributed by atoms with van der Waals surface area (Å²) < 4.78 is 0. The van der Waals surface area contributed by atoms with E-state index in [1.807, 2.05) is 6.08 Å². The summed E-state index contributed by atoms with van der Waals surface area (Å²) in [6.07, 6.45) is 14.7. The van der Waals surface area contributed by atoms with E-state index >= 15 is 0 Å². The highest BCUT2D eigenvalue weighted by Gasteiger charge is 1.90. The fraction of sp³-hybridized carbons (Fsp3) is 0.750. The van der Waals surface area contributed by atoms with Crippen LogP contribution in [0.5, 0.6) is 0 Å². The number of allylic oxidation sites excluding steroid dienone is 2. The third-order valence-corrected chi connectivity index (χ3v) is 2.78. The number of carbonyl (C=O) groups excluding carboxylic acids is 1. The molecule has 0 atom stereocenters. The van der Waals surface area contributed by atoms with E-state index in [-0.39, 0.29) is 0 Å². The molecule has 0 unspecified atom stereocenters. The van der Waals surface area contributed by atoms with Crippen LogP contribution in [0.15, 0.2) is 12.2 Å². The Morgan fingerprint density at radius 1 is 0.857 bits per heavy atom. The molecule has 2 heteroatoms. The van der Waals surface area contributed by atoms with Gasteiger partial charge in [0, 0.05) is 5.33 Å².